The van der Waals surface area contributed by atoms with Gasteiger partial charge in [-0.2, -0.15) is 5.10 Å². The van der Waals surface area contributed by atoms with Crippen molar-refractivity contribution in [3.05, 3.63) is 54.2 Å². The van der Waals surface area contributed by atoms with E-state index in [2.05, 4.69) is 39.2 Å². The molecule has 0 radical (unpaired) electrons. The SMILES string of the molecule is Cc1cnc(C(=O)Nc2cccc(N(N)/C(=N\N)C(C)C)n2)cc1-c1cn(C(C)C)cn1. The molecule has 32 heavy (non-hydrogen) atoms. The molecular weight excluding hydrogens is 406 g/mol. The fourth-order valence-corrected chi connectivity index (χ4v) is 3.10. The second kappa shape index (κ2) is 9.56. The molecule has 10 heteroatoms. The maximum absolute atomic E-state index is 12.9. The van der Waals surface area contributed by atoms with E-state index in [0.29, 0.717) is 23.5 Å². The van der Waals surface area contributed by atoms with Gasteiger partial charge in [0.05, 0.1) is 12.0 Å². The van der Waals surface area contributed by atoms with Gasteiger partial charge in [0.1, 0.15) is 17.3 Å². The molecule has 168 valence electrons. The van der Waals surface area contributed by atoms with Crippen molar-refractivity contribution in [3.8, 4) is 11.3 Å². The molecule has 0 fully saturated rings. The van der Waals surface area contributed by atoms with Gasteiger partial charge in [0, 0.05) is 29.9 Å². The minimum absolute atomic E-state index is 0.000558. The van der Waals surface area contributed by atoms with Crippen LogP contribution in [0.25, 0.3) is 11.3 Å². The first-order chi connectivity index (χ1) is 15.2. The van der Waals surface area contributed by atoms with Crippen molar-refractivity contribution in [2.24, 2.45) is 22.7 Å². The Morgan fingerprint density at radius 2 is 1.97 bits per heavy atom. The van der Waals surface area contributed by atoms with Gasteiger partial charge in [0.25, 0.3) is 5.91 Å². The second-order valence-electron chi connectivity index (χ2n) is 8.03. The normalized spacial score (nSPS) is 11.8. The zero-order valence-electron chi connectivity index (χ0n) is 18.9. The molecule has 0 saturated carbocycles. The van der Waals surface area contributed by atoms with Crippen LogP contribution in [0.1, 0.15) is 49.8 Å². The number of amidine groups is 1. The van der Waals surface area contributed by atoms with E-state index >= 15 is 0 Å². The van der Waals surface area contributed by atoms with Crippen LogP contribution in [0.15, 0.2) is 48.1 Å². The molecule has 3 aromatic heterocycles. The van der Waals surface area contributed by atoms with Crippen LogP contribution in [0.4, 0.5) is 11.6 Å². The van der Waals surface area contributed by atoms with Crippen LogP contribution < -0.4 is 22.0 Å². The predicted molar refractivity (Wildman–Crippen MR) is 126 cm³/mol. The van der Waals surface area contributed by atoms with Crippen molar-refractivity contribution in [2.75, 3.05) is 10.3 Å². The molecule has 0 bridgehead atoms. The number of carbonyl (C=O) groups is 1. The van der Waals surface area contributed by atoms with E-state index in [1.165, 1.54) is 5.01 Å². The molecule has 10 nitrogen and oxygen atoms in total. The van der Waals surface area contributed by atoms with Gasteiger partial charge >= 0.3 is 0 Å². The molecule has 0 unspecified atom stereocenters. The number of nitrogens with two attached hydrogens (primary N) is 2. The lowest BCUT2D eigenvalue weighted by Crippen LogP contribution is -2.41. The first-order valence-corrected chi connectivity index (χ1v) is 10.3. The van der Waals surface area contributed by atoms with E-state index in [0.717, 1.165) is 16.8 Å². The summed E-state index contributed by atoms with van der Waals surface area (Å²) in [4.78, 5) is 26.0. The molecule has 0 aliphatic rings. The van der Waals surface area contributed by atoms with Crippen LogP contribution in [0.3, 0.4) is 0 Å². The zero-order chi connectivity index (χ0) is 23.4. The Labute approximate surface area is 187 Å². The number of hydrogen-bond acceptors (Lipinski definition) is 7. The lowest BCUT2D eigenvalue weighted by molar-refractivity contribution is 0.102. The van der Waals surface area contributed by atoms with Gasteiger partial charge in [-0.3, -0.25) is 9.78 Å². The van der Waals surface area contributed by atoms with Gasteiger partial charge in [0.2, 0.25) is 0 Å². The monoisotopic (exact) mass is 435 g/mol. The van der Waals surface area contributed by atoms with Crippen LogP contribution in [0.2, 0.25) is 0 Å². The van der Waals surface area contributed by atoms with Gasteiger partial charge in [-0.15, -0.1) is 0 Å². The molecule has 0 saturated heterocycles. The fraction of sp³-hybridized carbons (Fsp3) is 0.318. The number of hydrogen-bond donors (Lipinski definition) is 3. The summed E-state index contributed by atoms with van der Waals surface area (Å²) in [7, 11) is 0. The minimum Gasteiger partial charge on any atom is -0.334 e. The molecular formula is C22H29N9O. The number of rotatable bonds is 6. The average Bonchev–Trinajstić information content (AvgIpc) is 3.25. The van der Waals surface area contributed by atoms with Crippen LogP contribution in [0, 0.1) is 12.8 Å². The Morgan fingerprint density at radius 3 is 2.59 bits per heavy atom. The van der Waals surface area contributed by atoms with Crippen molar-refractivity contribution in [1.29, 1.82) is 0 Å². The topological polar surface area (TPSA) is 140 Å². The molecule has 3 rings (SSSR count). The number of aryl methyl sites for hydroxylation is 1. The molecule has 1 amide bonds. The molecule has 0 atom stereocenters. The van der Waals surface area contributed by atoms with Crippen molar-refractivity contribution in [1.82, 2.24) is 19.5 Å². The summed E-state index contributed by atoms with van der Waals surface area (Å²) in [6, 6.07) is 7.13. The highest BCUT2D eigenvalue weighted by molar-refractivity contribution is 6.03. The highest BCUT2D eigenvalue weighted by Crippen LogP contribution is 2.23. The number of carbonyl (C=O) groups excluding carboxylic acids is 1. The van der Waals surface area contributed by atoms with Gasteiger partial charge in [-0.25, -0.2) is 20.8 Å². The Morgan fingerprint density at radius 1 is 1.22 bits per heavy atom. The third-order valence-electron chi connectivity index (χ3n) is 4.93. The second-order valence-corrected chi connectivity index (χ2v) is 8.03. The quantitative estimate of drug-likeness (QED) is 0.234. The zero-order valence-corrected chi connectivity index (χ0v) is 18.9. The number of pyridine rings is 2. The van der Waals surface area contributed by atoms with E-state index in [4.69, 9.17) is 11.7 Å². The molecule has 0 aromatic carbocycles. The summed E-state index contributed by atoms with van der Waals surface area (Å²) in [6.07, 6.45) is 5.40. The number of hydrazine groups is 1. The largest absolute Gasteiger partial charge is 0.334 e. The predicted octanol–water partition coefficient (Wildman–Crippen LogP) is 3.09. The number of aromatic nitrogens is 4. The minimum atomic E-state index is -0.390. The van der Waals surface area contributed by atoms with Crippen LogP contribution >= 0.6 is 0 Å². The highest BCUT2D eigenvalue weighted by Gasteiger charge is 2.17. The average molecular weight is 436 g/mol. The molecule has 3 aromatic rings. The Balaban J connectivity index is 1.83. The third-order valence-corrected chi connectivity index (χ3v) is 4.93. The van der Waals surface area contributed by atoms with Crippen molar-refractivity contribution in [3.63, 3.8) is 0 Å². The van der Waals surface area contributed by atoms with Crippen LogP contribution in [-0.4, -0.2) is 31.3 Å². The summed E-state index contributed by atoms with van der Waals surface area (Å²) >= 11 is 0. The summed E-state index contributed by atoms with van der Waals surface area (Å²) in [6.45, 7) is 9.93. The summed E-state index contributed by atoms with van der Waals surface area (Å²) in [5, 5.41) is 7.80. The lowest BCUT2D eigenvalue weighted by atomic mass is 10.1. The standard InChI is InChI=1S/C22H29N9O/c1-13(2)21(29-23)31(24)20-8-6-7-19(27-20)28-22(32)17-9-16(15(5)10-25-17)18-11-30(12-26-18)14(3)4/h6-14H,23-24H2,1-5H3,(H,27,28,32)/b29-21-. The van der Waals surface area contributed by atoms with Gasteiger partial charge in [-0.05, 0) is 44.5 Å². The molecule has 5 N–H and O–H groups in total. The van der Waals surface area contributed by atoms with Crippen molar-refractivity contribution >= 4 is 23.4 Å². The van der Waals surface area contributed by atoms with E-state index in [-0.39, 0.29) is 17.5 Å². The molecule has 0 aliphatic heterocycles. The molecule has 0 aliphatic carbocycles. The maximum Gasteiger partial charge on any atom is 0.275 e. The summed E-state index contributed by atoms with van der Waals surface area (Å²) < 4.78 is 2.01. The Hall–Kier alpha value is -3.79. The molecule has 3 heterocycles. The fourth-order valence-electron chi connectivity index (χ4n) is 3.10. The number of anilines is 2. The first-order valence-electron chi connectivity index (χ1n) is 10.3. The van der Waals surface area contributed by atoms with Gasteiger partial charge in [-0.1, -0.05) is 19.9 Å². The first kappa shape index (κ1) is 22.9. The van der Waals surface area contributed by atoms with Crippen molar-refractivity contribution in [2.45, 2.75) is 40.7 Å². The smallest absolute Gasteiger partial charge is 0.275 e. The number of imidazole rings is 1. The summed E-state index contributed by atoms with van der Waals surface area (Å²) in [5.74, 6) is 12.4. The third kappa shape index (κ3) is 4.92. The van der Waals surface area contributed by atoms with Crippen molar-refractivity contribution < 1.29 is 4.79 Å². The van der Waals surface area contributed by atoms with E-state index in [1.54, 1.807) is 36.8 Å². The van der Waals surface area contributed by atoms with E-state index in [9.17, 15) is 4.79 Å². The Bertz CT molecular complexity index is 1130. The number of amides is 1. The number of nitrogens with one attached hydrogen (secondary N) is 1. The van der Waals surface area contributed by atoms with E-state index in [1.807, 2.05) is 31.5 Å². The number of hydrazone groups is 1. The molecule has 0 spiro atoms. The number of nitrogens with zero attached hydrogens (tertiary/aromatic N) is 6. The van der Waals surface area contributed by atoms with E-state index < -0.39 is 0 Å². The lowest BCUT2D eigenvalue weighted by Gasteiger charge is -2.21. The Kier molecular flexibility index (Phi) is 6.84. The van der Waals surface area contributed by atoms with Gasteiger partial charge < -0.3 is 15.7 Å². The van der Waals surface area contributed by atoms with Crippen LogP contribution in [0.5, 0.6) is 0 Å². The highest BCUT2D eigenvalue weighted by atomic mass is 16.1. The summed E-state index contributed by atoms with van der Waals surface area (Å²) in [5.41, 5.74) is 2.82. The van der Waals surface area contributed by atoms with Gasteiger partial charge in [0.15, 0.2) is 5.82 Å². The van der Waals surface area contributed by atoms with Crippen LogP contribution in [-0.2, 0) is 0 Å². The maximum atomic E-state index is 12.9.